The molecule has 3 amide bonds. The lowest BCUT2D eigenvalue weighted by molar-refractivity contribution is -0.130. The predicted octanol–water partition coefficient (Wildman–Crippen LogP) is 4.47. The zero-order valence-electron chi connectivity index (χ0n) is 22.9. The molecule has 9 nitrogen and oxygen atoms in total. The number of benzene rings is 3. The lowest BCUT2D eigenvalue weighted by Gasteiger charge is -2.29. The van der Waals surface area contributed by atoms with Crippen LogP contribution in [0.5, 0.6) is 0 Å². The van der Waals surface area contributed by atoms with Gasteiger partial charge in [0.1, 0.15) is 5.54 Å². The highest BCUT2D eigenvalue weighted by Crippen LogP contribution is 2.55. The summed E-state index contributed by atoms with van der Waals surface area (Å²) in [4.78, 5) is 59.1. The number of rotatable bonds is 5. The number of fused-ring (bicyclic) bond motifs is 5. The summed E-state index contributed by atoms with van der Waals surface area (Å²) in [5.74, 6) is -3.60. The minimum Gasteiger partial charge on any atom is -0.462 e. The second kappa shape index (κ2) is 9.54. The molecule has 3 aliphatic heterocycles. The van der Waals surface area contributed by atoms with E-state index in [2.05, 4.69) is 15.6 Å². The van der Waals surface area contributed by atoms with Gasteiger partial charge in [-0.1, -0.05) is 29.8 Å². The van der Waals surface area contributed by atoms with E-state index in [1.165, 1.54) is 12.1 Å². The van der Waals surface area contributed by atoms with E-state index >= 15 is 0 Å². The van der Waals surface area contributed by atoms with Gasteiger partial charge in [0, 0.05) is 39.4 Å². The average Bonchev–Trinajstić information content (AvgIpc) is 3.68. The van der Waals surface area contributed by atoms with Crippen molar-refractivity contribution in [3.63, 3.8) is 0 Å². The van der Waals surface area contributed by atoms with E-state index in [9.17, 15) is 19.2 Å². The van der Waals surface area contributed by atoms with Crippen molar-refractivity contribution < 1.29 is 23.9 Å². The highest BCUT2D eigenvalue weighted by molar-refractivity contribution is 6.31. The number of aryl methyl sites for hydroxylation is 1. The summed E-state index contributed by atoms with van der Waals surface area (Å²) in [7, 11) is 0. The molecule has 0 radical (unpaired) electrons. The van der Waals surface area contributed by atoms with Crippen LogP contribution in [0, 0.1) is 18.8 Å². The number of hydrogen-bond acceptors (Lipinski definition) is 6. The number of carbonyl (C=O) groups is 4. The van der Waals surface area contributed by atoms with Crippen LogP contribution in [-0.4, -0.2) is 41.3 Å². The van der Waals surface area contributed by atoms with E-state index < -0.39 is 41.2 Å². The van der Waals surface area contributed by atoms with Crippen LogP contribution in [0.15, 0.2) is 66.9 Å². The molecular formula is C32H27ClN4O5. The largest absolute Gasteiger partial charge is 0.462 e. The number of aromatic amines is 1. The van der Waals surface area contributed by atoms with Crippen molar-refractivity contribution in [2.24, 2.45) is 11.8 Å². The lowest BCUT2D eigenvalue weighted by atomic mass is 9.76. The number of esters is 1. The fourth-order valence-corrected chi connectivity index (χ4v) is 7.23. The molecule has 0 unspecified atom stereocenters. The third-order valence-electron chi connectivity index (χ3n) is 8.74. The molecule has 0 saturated carbocycles. The third kappa shape index (κ3) is 3.66. The highest BCUT2D eigenvalue weighted by atomic mass is 35.5. The zero-order chi connectivity index (χ0) is 29.3. The Morgan fingerprint density at radius 2 is 1.81 bits per heavy atom. The van der Waals surface area contributed by atoms with Gasteiger partial charge in [-0.05, 0) is 73.9 Å². The molecule has 1 spiro atoms. The van der Waals surface area contributed by atoms with Gasteiger partial charge >= 0.3 is 5.97 Å². The van der Waals surface area contributed by atoms with Crippen molar-refractivity contribution in [1.82, 2.24) is 10.3 Å². The quantitative estimate of drug-likeness (QED) is 0.236. The van der Waals surface area contributed by atoms with Gasteiger partial charge in [-0.3, -0.25) is 19.7 Å². The number of carbonyl (C=O) groups excluding carboxylic acids is 4. The number of para-hydroxylation sites is 1. The van der Waals surface area contributed by atoms with Crippen molar-refractivity contribution >= 4 is 57.6 Å². The summed E-state index contributed by atoms with van der Waals surface area (Å²) in [5.41, 5.74) is 3.01. The van der Waals surface area contributed by atoms with Crippen LogP contribution in [0.4, 0.5) is 11.4 Å². The molecule has 1 aromatic heterocycles. The van der Waals surface area contributed by atoms with Crippen molar-refractivity contribution in [1.29, 1.82) is 0 Å². The average molecular weight is 583 g/mol. The Labute approximate surface area is 246 Å². The number of aromatic nitrogens is 1. The SMILES string of the molecule is CCOC(=O)c1ccc(N2C(=O)[C@@H]3[C@H](Cc4c[nH]c5ccccc45)N[C@]4(C(=O)Nc5c(C)cc(Cl)cc54)[C@@H]3C2=O)cc1. The van der Waals surface area contributed by atoms with Gasteiger partial charge in [-0.25, -0.2) is 9.69 Å². The monoisotopic (exact) mass is 582 g/mol. The molecule has 3 aliphatic rings. The number of nitrogens with one attached hydrogen (secondary N) is 3. The molecule has 42 heavy (non-hydrogen) atoms. The molecule has 10 heteroatoms. The number of amides is 3. The van der Waals surface area contributed by atoms with Crippen LogP contribution in [0.3, 0.4) is 0 Å². The lowest BCUT2D eigenvalue weighted by Crippen LogP contribution is -2.53. The van der Waals surface area contributed by atoms with Crippen molar-refractivity contribution in [3.8, 4) is 0 Å². The standard InChI is InChI=1S/C32H27ClN4O5/c1-3-42-30(40)17-8-10-20(11-9-17)37-28(38)25-24(13-18-15-34-23-7-5-4-6-21(18)23)36-32(26(25)29(37)39)22-14-19(33)12-16(2)27(22)35-31(32)41/h4-12,14-15,24-26,34,36H,3,13H2,1-2H3,(H,35,41)/t24-,25+,26-,32-/m0/s1. The third-order valence-corrected chi connectivity index (χ3v) is 8.96. The molecule has 2 fully saturated rings. The molecule has 212 valence electrons. The Hall–Kier alpha value is -4.47. The summed E-state index contributed by atoms with van der Waals surface area (Å²) < 4.78 is 5.07. The van der Waals surface area contributed by atoms with Crippen molar-refractivity contribution in [2.45, 2.75) is 31.8 Å². The number of halogens is 1. The molecule has 7 rings (SSSR count). The fraction of sp³-hybridized carbons (Fsp3) is 0.250. The Morgan fingerprint density at radius 3 is 2.57 bits per heavy atom. The maximum absolute atomic E-state index is 14.3. The van der Waals surface area contributed by atoms with Gasteiger partial charge < -0.3 is 15.0 Å². The van der Waals surface area contributed by atoms with Crippen LogP contribution in [0.2, 0.25) is 5.02 Å². The second-order valence-corrected chi connectivity index (χ2v) is 11.4. The maximum Gasteiger partial charge on any atom is 0.338 e. The van der Waals surface area contributed by atoms with Gasteiger partial charge in [0.2, 0.25) is 17.7 Å². The summed E-state index contributed by atoms with van der Waals surface area (Å²) in [6.45, 7) is 3.79. The number of anilines is 2. The summed E-state index contributed by atoms with van der Waals surface area (Å²) in [5, 5.41) is 7.90. The Morgan fingerprint density at radius 1 is 1.05 bits per heavy atom. The highest BCUT2D eigenvalue weighted by Gasteiger charge is 2.70. The Balaban J connectivity index is 1.34. The van der Waals surface area contributed by atoms with Crippen molar-refractivity contribution in [3.05, 3.63) is 94.1 Å². The molecule has 0 aliphatic carbocycles. The maximum atomic E-state index is 14.3. The predicted molar refractivity (Wildman–Crippen MR) is 157 cm³/mol. The number of hydrogen-bond donors (Lipinski definition) is 3. The minimum atomic E-state index is -1.49. The zero-order valence-corrected chi connectivity index (χ0v) is 23.6. The van der Waals surface area contributed by atoms with E-state index in [0.29, 0.717) is 33.9 Å². The van der Waals surface area contributed by atoms with E-state index in [-0.39, 0.29) is 12.5 Å². The Bertz CT molecular complexity index is 1820. The minimum absolute atomic E-state index is 0.229. The topological polar surface area (TPSA) is 121 Å². The van der Waals surface area contributed by atoms with Crippen LogP contribution < -0.4 is 15.5 Å². The molecule has 0 bridgehead atoms. The molecule has 2 saturated heterocycles. The van der Waals surface area contributed by atoms with Crippen molar-refractivity contribution in [2.75, 3.05) is 16.8 Å². The van der Waals surface area contributed by atoms with Gasteiger partial charge in [0.05, 0.1) is 29.7 Å². The normalized spacial score (nSPS) is 24.4. The van der Waals surface area contributed by atoms with Crippen LogP contribution in [0.1, 0.15) is 34.0 Å². The first-order valence-electron chi connectivity index (χ1n) is 13.8. The second-order valence-electron chi connectivity index (χ2n) is 11.0. The van der Waals surface area contributed by atoms with Crippen LogP contribution >= 0.6 is 11.6 Å². The summed E-state index contributed by atoms with van der Waals surface area (Å²) in [6.07, 6.45) is 2.31. The number of nitrogens with zero attached hydrogens (tertiary/aromatic N) is 1. The molecule has 3 aromatic carbocycles. The first kappa shape index (κ1) is 26.4. The number of H-pyrrole nitrogens is 1. The van der Waals surface area contributed by atoms with E-state index in [1.807, 2.05) is 37.4 Å². The first-order chi connectivity index (χ1) is 20.2. The van der Waals surface area contributed by atoms with E-state index in [4.69, 9.17) is 16.3 Å². The summed E-state index contributed by atoms with van der Waals surface area (Å²) >= 11 is 6.48. The van der Waals surface area contributed by atoms with Crippen LogP contribution in [0.25, 0.3) is 10.9 Å². The summed E-state index contributed by atoms with van der Waals surface area (Å²) in [6, 6.07) is 17.0. The Kier molecular flexibility index (Phi) is 6.00. The van der Waals surface area contributed by atoms with Crippen LogP contribution in [-0.2, 0) is 31.1 Å². The molecular weight excluding hydrogens is 556 g/mol. The molecule has 3 N–H and O–H groups in total. The van der Waals surface area contributed by atoms with Gasteiger partial charge in [-0.2, -0.15) is 0 Å². The fourth-order valence-electron chi connectivity index (χ4n) is 6.96. The molecule has 4 aromatic rings. The van der Waals surface area contributed by atoms with Gasteiger partial charge in [-0.15, -0.1) is 0 Å². The van der Waals surface area contributed by atoms with Gasteiger partial charge in [0.15, 0.2) is 0 Å². The molecule has 4 heterocycles. The smallest absolute Gasteiger partial charge is 0.338 e. The number of imide groups is 1. The molecule has 4 atom stereocenters. The van der Waals surface area contributed by atoms with E-state index in [0.717, 1.165) is 26.9 Å². The number of ether oxygens (including phenoxy) is 1. The van der Waals surface area contributed by atoms with E-state index in [1.54, 1.807) is 31.2 Å². The van der Waals surface area contributed by atoms with Gasteiger partial charge in [0.25, 0.3) is 0 Å². The first-order valence-corrected chi connectivity index (χ1v) is 14.2.